The molecular weight excluding hydrogens is 265 g/mol. The summed E-state index contributed by atoms with van der Waals surface area (Å²) in [6.07, 6.45) is -7.18. The summed E-state index contributed by atoms with van der Waals surface area (Å²) in [7, 11) is 3.08. The molecule has 2 N–H and O–H groups in total. The first-order chi connectivity index (χ1) is 8.71. The Balaban J connectivity index is 2.61. The molecule has 1 unspecified atom stereocenters. The van der Waals surface area contributed by atoms with Crippen LogP contribution in [0.3, 0.4) is 0 Å². The maximum absolute atomic E-state index is 12.0. The maximum atomic E-state index is 12.0. The van der Waals surface area contributed by atoms with Gasteiger partial charge in [-0.3, -0.25) is 4.79 Å². The van der Waals surface area contributed by atoms with Crippen LogP contribution in [0.15, 0.2) is 12.1 Å². The van der Waals surface area contributed by atoms with E-state index >= 15 is 0 Å². The highest BCUT2D eigenvalue weighted by molar-refractivity contribution is 5.91. The summed E-state index contributed by atoms with van der Waals surface area (Å²) >= 11 is 0. The van der Waals surface area contributed by atoms with Gasteiger partial charge in [-0.1, -0.05) is 0 Å². The molecule has 6 nitrogen and oxygen atoms in total. The number of carbonyl (C=O) groups excluding carboxylic acids is 1. The van der Waals surface area contributed by atoms with Crippen LogP contribution >= 0.6 is 0 Å². The monoisotopic (exact) mass is 278 g/mol. The zero-order valence-corrected chi connectivity index (χ0v) is 10.3. The molecule has 0 fully saturated rings. The molecule has 1 atom stereocenters. The largest absolute Gasteiger partial charge is 0.416 e. The van der Waals surface area contributed by atoms with Gasteiger partial charge >= 0.3 is 6.18 Å². The highest BCUT2D eigenvalue weighted by Crippen LogP contribution is 2.20. The predicted molar refractivity (Wildman–Crippen MR) is 60.6 cm³/mol. The van der Waals surface area contributed by atoms with Crippen molar-refractivity contribution in [3.63, 3.8) is 0 Å². The Labute approximate surface area is 107 Å². The molecule has 9 heteroatoms. The van der Waals surface area contributed by atoms with Gasteiger partial charge in [-0.15, -0.1) is 10.2 Å². The highest BCUT2D eigenvalue weighted by atomic mass is 19.4. The number of aromatic nitrogens is 2. The van der Waals surface area contributed by atoms with Gasteiger partial charge in [-0.2, -0.15) is 13.2 Å². The van der Waals surface area contributed by atoms with E-state index in [4.69, 9.17) is 5.11 Å². The van der Waals surface area contributed by atoms with Gasteiger partial charge < -0.3 is 15.3 Å². The predicted octanol–water partition coefficient (Wildman–Crippen LogP) is 0.513. The number of carbonyl (C=O) groups is 1. The summed E-state index contributed by atoms with van der Waals surface area (Å²) < 4.78 is 36.1. The van der Waals surface area contributed by atoms with E-state index in [9.17, 15) is 18.0 Å². The third-order valence-corrected chi connectivity index (χ3v) is 2.14. The van der Waals surface area contributed by atoms with Crippen LogP contribution in [0.1, 0.15) is 10.5 Å². The minimum Gasteiger partial charge on any atom is -0.382 e. The van der Waals surface area contributed by atoms with Gasteiger partial charge in [0.15, 0.2) is 11.8 Å². The van der Waals surface area contributed by atoms with Crippen molar-refractivity contribution in [3.8, 4) is 0 Å². The van der Waals surface area contributed by atoms with Crippen molar-refractivity contribution in [1.29, 1.82) is 0 Å². The second-order valence-electron chi connectivity index (χ2n) is 3.94. The zero-order chi connectivity index (χ0) is 14.6. The Morgan fingerprint density at radius 1 is 1.42 bits per heavy atom. The van der Waals surface area contributed by atoms with Crippen molar-refractivity contribution >= 4 is 11.7 Å². The third kappa shape index (κ3) is 4.36. The molecule has 19 heavy (non-hydrogen) atoms. The lowest BCUT2D eigenvalue weighted by atomic mass is 10.3. The average molecular weight is 278 g/mol. The lowest BCUT2D eigenvalue weighted by molar-refractivity contribution is -0.198. The molecule has 0 spiro atoms. The summed E-state index contributed by atoms with van der Waals surface area (Å²) in [6, 6.07) is 2.64. The fraction of sp³-hybridized carbons (Fsp3) is 0.500. The van der Waals surface area contributed by atoms with E-state index in [0.717, 1.165) is 0 Å². The van der Waals surface area contributed by atoms with Crippen LogP contribution < -0.4 is 5.32 Å². The molecule has 0 bridgehead atoms. The van der Waals surface area contributed by atoms with Crippen LogP contribution in [0.2, 0.25) is 0 Å². The first-order valence-corrected chi connectivity index (χ1v) is 5.26. The number of hydrogen-bond acceptors (Lipinski definition) is 5. The molecule has 0 aliphatic carbocycles. The molecular formula is C10H13F3N4O2. The van der Waals surface area contributed by atoms with Crippen LogP contribution in [0.4, 0.5) is 19.0 Å². The summed E-state index contributed by atoms with van der Waals surface area (Å²) in [5.74, 6) is -0.326. The van der Waals surface area contributed by atoms with Gasteiger partial charge in [0.2, 0.25) is 0 Å². The number of nitrogens with one attached hydrogen (secondary N) is 1. The van der Waals surface area contributed by atoms with E-state index in [0.29, 0.717) is 0 Å². The van der Waals surface area contributed by atoms with Crippen LogP contribution in [0.25, 0.3) is 0 Å². The Kier molecular flexibility index (Phi) is 4.65. The van der Waals surface area contributed by atoms with E-state index in [1.807, 2.05) is 0 Å². The molecule has 0 radical (unpaired) electrons. The Morgan fingerprint density at radius 2 is 2.05 bits per heavy atom. The SMILES string of the molecule is CN(C)C(=O)c1ccc(NCC(O)C(F)(F)F)nn1. The minimum absolute atomic E-state index is 0.0404. The Hall–Kier alpha value is -1.90. The standard InChI is InChI=1S/C10H13F3N4O2/c1-17(2)9(19)6-3-4-8(16-15-6)14-5-7(18)10(11,12)13/h3-4,7,18H,5H2,1-2H3,(H,14,16). The molecule has 0 aliphatic heterocycles. The van der Waals surface area contributed by atoms with E-state index in [1.165, 1.54) is 31.1 Å². The fourth-order valence-electron chi connectivity index (χ4n) is 1.09. The van der Waals surface area contributed by atoms with Gasteiger partial charge in [0.25, 0.3) is 5.91 Å². The summed E-state index contributed by atoms with van der Waals surface area (Å²) in [4.78, 5) is 12.8. The molecule has 0 aliphatic rings. The van der Waals surface area contributed by atoms with Crippen molar-refractivity contribution in [3.05, 3.63) is 17.8 Å². The van der Waals surface area contributed by atoms with Crippen molar-refractivity contribution in [2.45, 2.75) is 12.3 Å². The molecule has 1 aromatic heterocycles. The number of anilines is 1. The molecule has 1 heterocycles. The number of alkyl halides is 3. The number of rotatable bonds is 4. The molecule has 1 aromatic rings. The number of hydrogen-bond donors (Lipinski definition) is 2. The summed E-state index contributed by atoms with van der Waals surface area (Å²) in [6.45, 7) is -0.737. The average Bonchev–Trinajstić information content (AvgIpc) is 2.34. The molecule has 1 amide bonds. The molecule has 0 aromatic carbocycles. The third-order valence-electron chi connectivity index (χ3n) is 2.14. The number of nitrogens with zero attached hydrogens (tertiary/aromatic N) is 3. The summed E-state index contributed by atoms with van der Waals surface area (Å²) in [5, 5.41) is 18.2. The van der Waals surface area contributed by atoms with Gasteiger partial charge in [0, 0.05) is 14.1 Å². The van der Waals surface area contributed by atoms with Crippen LogP contribution in [-0.4, -0.2) is 59.0 Å². The van der Waals surface area contributed by atoms with E-state index in [1.54, 1.807) is 0 Å². The van der Waals surface area contributed by atoms with Crippen molar-refractivity contribution in [1.82, 2.24) is 15.1 Å². The van der Waals surface area contributed by atoms with Crippen LogP contribution in [-0.2, 0) is 0 Å². The first kappa shape index (κ1) is 15.2. The van der Waals surface area contributed by atoms with Crippen molar-refractivity contribution in [2.24, 2.45) is 0 Å². The second kappa shape index (κ2) is 5.83. The molecule has 106 valence electrons. The Bertz CT molecular complexity index is 433. The smallest absolute Gasteiger partial charge is 0.382 e. The summed E-state index contributed by atoms with van der Waals surface area (Å²) in [5.41, 5.74) is 0.0759. The quantitative estimate of drug-likeness (QED) is 0.839. The number of halogens is 3. The molecule has 0 saturated heterocycles. The number of aliphatic hydroxyl groups excluding tert-OH is 1. The van der Waals surface area contributed by atoms with Crippen LogP contribution in [0, 0.1) is 0 Å². The normalized spacial score (nSPS) is 12.9. The van der Waals surface area contributed by atoms with E-state index in [-0.39, 0.29) is 17.4 Å². The van der Waals surface area contributed by atoms with Crippen molar-refractivity contribution < 1.29 is 23.1 Å². The topological polar surface area (TPSA) is 78.4 Å². The van der Waals surface area contributed by atoms with E-state index < -0.39 is 18.8 Å². The lowest BCUT2D eigenvalue weighted by Gasteiger charge is -2.15. The van der Waals surface area contributed by atoms with Gasteiger partial charge in [0.05, 0.1) is 6.54 Å². The van der Waals surface area contributed by atoms with Gasteiger partial charge in [0.1, 0.15) is 5.82 Å². The van der Waals surface area contributed by atoms with Gasteiger partial charge in [-0.25, -0.2) is 0 Å². The number of amides is 1. The lowest BCUT2D eigenvalue weighted by Crippen LogP contribution is -2.35. The number of aliphatic hydroxyl groups is 1. The highest BCUT2D eigenvalue weighted by Gasteiger charge is 2.37. The fourth-order valence-corrected chi connectivity index (χ4v) is 1.09. The maximum Gasteiger partial charge on any atom is 0.416 e. The zero-order valence-electron chi connectivity index (χ0n) is 10.3. The van der Waals surface area contributed by atoms with E-state index in [2.05, 4.69) is 15.5 Å². The molecule has 1 rings (SSSR count). The molecule has 0 saturated carbocycles. The minimum atomic E-state index is -4.69. The van der Waals surface area contributed by atoms with Crippen LogP contribution in [0.5, 0.6) is 0 Å². The van der Waals surface area contributed by atoms with Crippen molar-refractivity contribution in [2.75, 3.05) is 26.0 Å². The van der Waals surface area contributed by atoms with Gasteiger partial charge in [-0.05, 0) is 12.1 Å². The second-order valence-corrected chi connectivity index (χ2v) is 3.94. The Morgan fingerprint density at radius 3 is 2.47 bits per heavy atom. The first-order valence-electron chi connectivity index (χ1n) is 5.26.